The predicted molar refractivity (Wildman–Crippen MR) is 135 cm³/mol. The van der Waals surface area contributed by atoms with Crippen LogP contribution in [0.2, 0.25) is 0 Å². The van der Waals surface area contributed by atoms with Gasteiger partial charge in [0, 0.05) is 30.4 Å². The van der Waals surface area contributed by atoms with Gasteiger partial charge in [0.2, 0.25) is 15.9 Å². The maximum Gasteiger partial charge on any atom is 0.250 e. The number of sulfonamides is 1. The third kappa shape index (κ3) is 6.63. The molecular formula is C24H29N3O4S2. The summed E-state index contributed by atoms with van der Waals surface area (Å²) in [6.07, 6.45) is 8.08. The van der Waals surface area contributed by atoms with Crippen molar-refractivity contribution >= 4 is 45.0 Å². The van der Waals surface area contributed by atoms with Gasteiger partial charge in [-0.25, -0.2) is 8.42 Å². The summed E-state index contributed by atoms with van der Waals surface area (Å²) >= 11 is 5.20. The van der Waals surface area contributed by atoms with E-state index in [1.165, 1.54) is 10.4 Å². The smallest absolute Gasteiger partial charge is 0.250 e. The SMILES string of the molecule is COc1ccccc1/C=C/C(=O)NC(=S)Nc1ccc(S(=O)(=O)N(C)C2CCCCC2)cc1. The normalized spacial score (nSPS) is 14.9. The molecular weight excluding hydrogens is 458 g/mol. The second kappa shape index (κ2) is 11.4. The Morgan fingerprint density at radius 3 is 2.42 bits per heavy atom. The lowest BCUT2D eigenvalue weighted by atomic mass is 9.96. The van der Waals surface area contributed by atoms with Crippen molar-refractivity contribution in [1.29, 1.82) is 0 Å². The molecule has 176 valence electrons. The molecule has 1 aliphatic rings. The number of benzene rings is 2. The fraction of sp³-hybridized carbons (Fsp3) is 0.333. The van der Waals surface area contributed by atoms with Crippen LogP contribution >= 0.6 is 12.2 Å². The van der Waals surface area contributed by atoms with E-state index in [1.807, 2.05) is 18.2 Å². The number of ether oxygens (including phenoxy) is 1. The standard InChI is InChI=1S/C24H29N3O4S2/c1-27(20-9-4-3-5-10-20)33(29,30)21-15-13-19(14-16-21)25-24(32)26-23(28)17-12-18-8-6-7-11-22(18)31-2/h6-8,11-17,20H,3-5,9-10H2,1-2H3,(H2,25,26,28,32)/b17-12+. The zero-order chi connectivity index (χ0) is 23.8. The third-order valence-electron chi connectivity index (χ3n) is 5.67. The minimum Gasteiger partial charge on any atom is -0.496 e. The zero-order valence-electron chi connectivity index (χ0n) is 18.8. The van der Waals surface area contributed by atoms with E-state index < -0.39 is 15.9 Å². The average Bonchev–Trinajstić information content (AvgIpc) is 2.83. The molecule has 1 amide bonds. The van der Waals surface area contributed by atoms with Crippen LogP contribution in [0.3, 0.4) is 0 Å². The molecule has 1 fully saturated rings. The van der Waals surface area contributed by atoms with Gasteiger partial charge >= 0.3 is 0 Å². The quantitative estimate of drug-likeness (QED) is 0.450. The van der Waals surface area contributed by atoms with Crippen molar-refractivity contribution in [2.24, 2.45) is 0 Å². The molecule has 2 N–H and O–H groups in total. The van der Waals surface area contributed by atoms with Gasteiger partial charge < -0.3 is 10.1 Å². The van der Waals surface area contributed by atoms with E-state index in [9.17, 15) is 13.2 Å². The minimum atomic E-state index is -3.56. The number of rotatable bonds is 7. The van der Waals surface area contributed by atoms with Crippen LogP contribution < -0.4 is 15.4 Å². The Hall–Kier alpha value is -2.75. The highest BCUT2D eigenvalue weighted by molar-refractivity contribution is 7.89. The average molecular weight is 488 g/mol. The Morgan fingerprint density at radius 1 is 1.09 bits per heavy atom. The second-order valence-electron chi connectivity index (χ2n) is 7.86. The number of hydrogen-bond acceptors (Lipinski definition) is 5. The van der Waals surface area contributed by atoms with Crippen LogP contribution in [0, 0.1) is 0 Å². The fourth-order valence-corrected chi connectivity index (χ4v) is 5.44. The van der Waals surface area contributed by atoms with Gasteiger partial charge in [0.05, 0.1) is 12.0 Å². The van der Waals surface area contributed by atoms with Crippen molar-refractivity contribution in [2.75, 3.05) is 19.5 Å². The molecule has 9 heteroatoms. The van der Waals surface area contributed by atoms with E-state index in [2.05, 4.69) is 10.6 Å². The summed E-state index contributed by atoms with van der Waals surface area (Å²) in [6, 6.07) is 13.7. The Balaban J connectivity index is 1.57. The van der Waals surface area contributed by atoms with Gasteiger partial charge in [0.15, 0.2) is 5.11 Å². The molecule has 0 heterocycles. The summed E-state index contributed by atoms with van der Waals surface area (Å²) in [4.78, 5) is 12.4. The fourth-order valence-electron chi connectivity index (χ4n) is 3.80. The van der Waals surface area contributed by atoms with Crippen molar-refractivity contribution in [2.45, 2.75) is 43.0 Å². The Morgan fingerprint density at radius 2 is 1.76 bits per heavy atom. The number of nitrogens with zero attached hydrogens (tertiary/aromatic N) is 1. The molecule has 0 bridgehead atoms. The van der Waals surface area contributed by atoms with Gasteiger partial charge in [0.1, 0.15) is 5.75 Å². The topological polar surface area (TPSA) is 87.7 Å². The van der Waals surface area contributed by atoms with E-state index in [4.69, 9.17) is 17.0 Å². The number of carbonyl (C=O) groups excluding carboxylic acids is 1. The van der Waals surface area contributed by atoms with E-state index in [-0.39, 0.29) is 16.0 Å². The van der Waals surface area contributed by atoms with Gasteiger partial charge in [-0.05, 0) is 61.5 Å². The number of methoxy groups -OCH3 is 1. The molecule has 0 spiro atoms. The zero-order valence-corrected chi connectivity index (χ0v) is 20.4. The molecule has 0 atom stereocenters. The Kier molecular flexibility index (Phi) is 8.60. The molecule has 1 aliphatic carbocycles. The van der Waals surface area contributed by atoms with Gasteiger partial charge in [-0.15, -0.1) is 0 Å². The highest BCUT2D eigenvalue weighted by Crippen LogP contribution is 2.27. The number of amides is 1. The molecule has 0 aromatic heterocycles. The van der Waals surface area contributed by atoms with Crippen LogP contribution in [0.1, 0.15) is 37.7 Å². The Bertz CT molecular complexity index is 1110. The first-order valence-electron chi connectivity index (χ1n) is 10.8. The van der Waals surface area contributed by atoms with Crippen molar-refractivity contribution in [3.05, 3.63) is 60.2 Å². The van der Waals surface area contributed by atoms with Crippen molar-refractivity contribution < 1.29 is 17.9 Å². The number of anilines is 1. The number of nitrogens with one attached hydrogen (secondary N) is 2. The summed E-state index contributed by atoms with van der Waals surface area (Å²) in [5.41, 5.74) is 1.34. The number of carbonyl (C=O) groups is 1. The van der Waals surface area contributed by atoms with Gasteiger partial charge in [-0.2, -0.15) is 4.31 Å². The maximum absolute atomic E-state index is 13.0. The van der Waals surface area contributed by atoms with E-state index in [0.29, 0.717) is 11.4 Å². The lowest BCUT2D eigenvalue weighted by Gasteiger charge is -2.30. The first-order valence-corrected chi connectivity index (χ1v) is 12.7. The predicted octanol–water partition coefficient (Wildman–Crippen LogP) is 4.17. The molecule has 3 rings (SSSR count). The number of para-hydroxylation sites is 1. The van der Waals surface area contributed by atoms with E-state index >= 15 is 0 Å². The van der Waals surface area contributed by atoms with Crippen molar-refractivity contribution in [3.63, 3.8) is 0 Å². The first kappa shape index (κ1) is 24.9. The summed E-state index contributed by atoms with van der Waals surface area (Å²) in [7, 11) is -0.339. The molecule has 1 saturated carbocycles. The molecule has 0 saturated heterocycles. The molecule has 0 unspecified atom stereocenters. The summed E-state index contributed by atoms with van der Waals surface area (Å²) < 4.78 is 32.6. The minimum absolute atomic E-state index is 0.0493. The van der Waals surface area contributed by atoms with Crippen LogP contribution in [0.15, 0.2) is 59.5 Å². The Labute approximate surface area is 200 Å². The summed E-state index contributed by atoms with van der Waals surface area (Å²) in [6.45, 7) is 0. The highest BCUT2D eigenvalue weighted by Gasteiger charge is 2.28. The summed E-state index contributed by atoms with van der Waals surface area (Å²) in [5, 5.41) is 5.58. The van der Waals surface area contributed by atoms with Crippen LogP contribution in [-0.2, 0) is 14.8 Å². The van der Waals surface area contributed by atoms with E-state index in [1.54, 1.807) is 50.6 Å². The van der Waals surface area contributed by atoms with Crippen LogP contribution in [0.25, 0.3) is 6.08 Å². The molecule has 2 aromatic rings. The third-order valence-corrected chi connectivity index (χ3v) is 7.80. The molecule has 0 aliphatic heterocycles. The van der Waals surface area contributed by atoms with Crippen molar-refractivity contribution in [1.82, 2.24) is 9.62 Å². The monoisotopic (exact) mass is 487 g/mol. The first-order chi connectivity index (χ1) is 15.8. The van der Waals surface area contributed by atoms with Gasteiger partial charge in [-0.3, -0.25) is 10.1 Å². The second-order valence-corrected chi connectivity index (χ2v) is 10.3. The maximum atomic E-state index is 13.0. The largest absolute Gasteiger partial charge is 0.496 e. The molecule has 7 nitrogen and oxygen atoms in total. The van der Waals surface area contributed by atoms with Crippen LogP contribution in [-0.4, -0.2) is 43.9 Å². The highest BCUT2D eigenvalue weighted by atomic mass is 32.2. The van der Waals surface area contributed by atoms with E-state index in [0.717, 1.165) is 37.7 Å². The van der Waals surface area contributed by atoms with Crippen LogP contribution in [0.5, 0.6) is 5.75 Å². The van der Waals surface area contributed by atoms with Crippen molar-refractivity contribution in [3.8, 4) is 5.75 Å². The molecule has 2 aromatic carbocycles. The van der Waals surface area contributed by atoms with Gasteiger partial charge in [-0.1, -0.05) is 37.5 Å². The number of hydrogen-bond donors (Lipinski definition) is 2. The van der Waals surface area contributed by atoms with Crippen LogP contribution in [0.4, 0.5) is 5.69 Å². The number of thiocarbonyl (C=S) groups is 1. The molecule has 33 heavy (non-hydrogen) atoms. The summed E-state index contributed by atoms with van der Waals surface area (Å²) in [5.74, 6) is 0.262. The van der Waals surface area contributed by atoms with Gasteiger partial charge in [0.25, 0.3) is 0 Å². The molecule has 0 radical (unpaired) electrons. The lowest BCUT2D eigenvalue weighted by Crippen LogP contribution is -2.38. The lowest BCUT2D eigenvalue weighted by molar-refractivity contribution is -0.115.